The van der Waals surface area contributed by atoms with Crippen LogP contribution in [0.3, 0.4) is 0 Å². The van der Waals surface area contributed by atoms with Crippen molar-refractivity contribution in [2.24, 2.45) is 0 Å². The summed E-state index contributed by atoms with van der Waals surface area (Å²) in [6.07, 6.45) is 0.984. The Balaban J connectivity index is 1.63. The molecule has 1 fully saturated rings. The maximum Gasteiger partial charge on any atom is 0.345 e. The van der Waals surface area contributed by atoms with E-state index in [1.54, 1.807) is 18.2 Å². The summed E-state index contributed by atoms with van der Waals surface area (Å²) in [6, 6.07) is 10.9. The number of hydrogen-bond acceptors (Lipinski definition) is 4. The molecule has 0 spiro atoms. The first kappa shape index (κ1) is 15.7. The number of nitrogens with one attached hydrogen (secondary N) is 1. The second kappa shape index (κ2) is 6.93. The van der Waals surface area contributed by atoms with Crippen LogP contribution in [0.5, 0.6) is 0 Å². The number of thiophene rings is 1. The summed E-state index contributed by atoms with van der Waals surface area (Å²) < 4.78 is 5.39. The third-order valence-electron chi connectivity index (χ3n) is 3.85. The molecule has 1 aromatic carbocycles. The van der Waals surface area contributed by atoms with E-state index in [0.717, 1.165) is 23.5 Å². The Morgan fingerprint density at radius 1 is 1.30 bits per heavy atom. The van der Waals surface area contributed by atoms with Crippen LogP contribution in [0.2, 0.25) is 0 Å². The van der Waals surface area contributed by atoms with Crippen molar-refractivity contribution >= 4 is 23.2 Å². The molecule has 0 aliphatic carbocycles. The molecule has 1 saturated heterocycles. The van der Waals surface area contributed by atoms with Crippen molar-refractivity contribution in [1.29, 1.82) is 0 Å². The Labute approximate surface area is 137 Å². The number of hydrogen-bond donors (Lipinski definition) is 2. The van der Waals surface area contributed by atoms with Gasteiger partial charge >= 0.3 is 5.97 Å². The standard InChI is InChI=1S/C17H17NO4S/c19-16(18-9-14-4-5-15(23-14)17(20)21)12-3-1-2-11(8-12)13-6-7-22-10-13/h1-5,8,13H,6-7,9-10H2,(H,18,19)(H,20,21). The van der Waals surface area contributed by atoms with Gasteiger partial charge in [0.2, 0.25) is 0 Å². The average molecular weight is 331 g/mol. The fraction of sp³-hybridized carbons (Fsp3) is 0.294. The Bertz CT molecular complexity index is 719. The van der Waals surface area contributed by atoms with Gasteiger partial charge in [0.15, 0.2) is 0 Å². The SMILES string of the molecule is O=C(NCc1ccc(C(=O)O)s1)c1cccc(C2CCOC2)c1. The molecule has 0 radical (unpaired) electrons. The van der Waals surface area contributed by atoms with Crippen molar-refractivity contribution in [2.75, 3.05) is 13.2 Å². The second-order valence-electron chi connectivity index (χ2n) is 5.44. The third kappa shape index (κ3) is 3.78. The number of carbonyl (C=O) groups excluding carboxylic acids is 1. The van der Waals surface area contributed by atoms with E-state index in [2.05, 4.69) is 5.32 Å². The van der Waals surface area contributed by atoms with E-state index >= 15 is 0 Å². The highest BCUT2D eigenvalue weighted by atomic mass is 32.1. The molecule has 2 N–H and O–H groups in total. The molecule has 1 atom stereocenters. The minimum atomic E-state index is -0.945. The largest absolute Gasteiger partial charge is 0.477 e. The van der Waals surface area contributed by atoms with Gasteiger partial charge in [0, 0.05) is 23.0 Å². The van der Waals surface area contributed by atoms with Crippen LogP contribution in [0.1, 0.15) is 42.8 Å². The summed E-state index contributed by atoms with van der Waals surface area (Å²) in [7, 11) is 0. The van der Waals surface area contributed by atoms with E-state index in [1.165, 1.54) is 11.3 Å². The zero-order chi connectivity index (χ0) is 16.2. The van der Waals surface area contributed by atoms with Crippen LogP contribution in [-0.2, 0) is 11.3 Å². The molecule has 2 heterocycles. The summed E-state index contributed by atoms with van der Waals surface area (Å²) in [6.45, 7) is 1.80. The fourth-order valence-electron chi connectivity index (χ4n) is 2.59. The first-order chi connectivity index (χ1) is 11.1. The molecule has 3 rings (SSSR count). The topological polar surface area (TPSA) is 75.6 Å². The van der Waals surface area contributed by atoms with Gasteiger partial charge in [-0.25, -0.2) is 4.79 Å². The Morgan fingerprint density at radius 3 is 2.87 bits per heavy atom. The van der Waals surface area contributed by atoms with Crippen LogP contribution in [0, 0.1) is 0 Å². The summed E-state index contributed by atoms with van der Waals surface area (Å²) in [4.78, 5) is 24.2. The molecule has 1 amide bonds. The number of ether oxygens (including phenoxy) is 1. The van der Waals surface area contributed by atoms with E-state index < -0.39 is 5.97 Å². The summed E-state index contributed by atoms with van der Waals surface area (Å²) in [5.74, 6) is -0.742. The van der Waals surface area contributed by atoms with Gasteiger partial charge in [0.05, 0.1) is 13.2 Å². The van der Waals surface area contributed by atoms with E-state index in [-0.39, 0.29) is 10.8 Å². The molecule has 2 aromatic rings. The first-order valence-corrected chi connectivity index (χ1v) is 8.23. The predicted molar refractivity (Wildman–Crippen MR) is 87.1 cm³/mol. The summed E-state index contributed by atoms with van der Waals surface area (Å²) >= 11 is 1.17. The highest BCUT2D eigenvalue weighted by Gasteiger charge is 2.18. The number of carboxylic acid groups (broad SMARTS) is 1. The zero-order valence-electron chi connectivity index (χ0n) is 12.5. The molecule has 23 heavy (non-hydrogen) atoms. The van der Waals surface area contributed by atoms with Gasteiger partial charge in [0.1, 0.15) is 4.88 Å². The lowest BCUT2D eigenvalue weighted by Gasteiger charge is -2.10. The van der Waals surface area contributed by atoms with Crippen LogP contribution < -0.4 is 5.32 Å². The van der Waals surface area contributed by atoms with Crippen molar-refractivity contribution in [2.45, 2.75) is 18.9 Å². The monoisotopic (exact) mass is 331 g/mol. The van der Waals surface area contributed by atoms with Gasteiger partial charge in [-0.15, -0.1) is 11.3 Å². The highest BCUT2D eigenvalue weighted by molar-refractivity contribution is 7.13. The van der Waals surface area contributed by atoms with E-state index in [1.807, 2.05) is 18.2 Å². The molecular weight excluding hydrogens is 314 g/mol. The number of carbonyl (C=O) groups is 2. The van der Waals surface area contributed by atoms with Crippen LogP contribution in [-0.4, -0.2) is 30.2 Å². The van der Waals surface area contributed by atoms with E-state index in [9.17, 15) is 9.59 Å². The first-order valence-electron chi connectivity index (χ1n) is 7.41. The third-order valence-corrected chi connectivity index (χ3v) is 4.92. The second-order valence-corrected chi connectivity index (χ2v) is 6.61. The number of rotatable bonds is 5. The molecule has 0 saturated carbocycles. The lowest BCUT2D eigenvalue weighted by molar-refractivity contribution is 0.0702. The van der Waals surface area contributed by atoms with E-state index in [0.29, 0.717) is 24.6 Å². The van der Waals surface area contributed by atoms with Crippen molar-refractivity contribution in [1.82, 2.24) is 5.32 Å². The van der Waals surface area contributed by atoms with E-state index in [4.69, 9.17) is 9.84 Å². The lowest BCUT2D eigenvalue weighted by Crippen LogP contribution is -2.22. The predicted octanol–water partition coefficient (Wildman–Crippen LogP) is 2.88. The minimum Gasteiger partial charge on any atom is -0.477 e. The molecule has 5 nitrogen and oxygen atoms in total. The Kier molecular flexibility index (Phi) is 4.73. The number of amides is 1. The van der Waals surface area contributed by atoms with Gasteiger partial charge in [-0.3, -0.25) is 4.79 Å². The number of carboxylic acids is 1. The van der Waals surface area contributed by atoms with Crippen LogP contribution in [0.25, 0.3) is 0 Å². The summed E-state index contributed by atoms with van der Waals surface area (Å²) in [5.41, 5.74) is 1.74. The Hall–Kier alpha value is -2.18. The van der Waals surface area contributed by atoms with Gasteiger partial charge < -0.3 is 15.2 Å². The van der Waals surface area contributed by atoms with Crippen LogP contribution in [0.15, 0.2) is 36.4 Å². The number of aromatic carboxylic acids is 1. The maximum absolute atomic E-state index is 12.3. The van der Waals surface area contributed by atoms with Gasteiger partial charge in [-0.1, -0.05) is 12.1 Å². The highest BCUT2D eigenvalue weighted by Crippen LogP contribution is 2.25. The van der Waals surface area contributed by atoms with Crippen molar-refractivity contribution in [3.63, 3.8) is 0 Å². The fourth-order valence-corrected chi connectivity index (χ4v) is 3.37. The minimum absolute atomic E-state index is 0.156. The normalized spacial score (nSPS) is 17.1. The quantitative estimate of drug-likeness (QED) is 0.883. The van der Waals surface area contributed by atoms with Crippen LogP contribution >= 0.6 is 11.3 Å². The molecule has 1 aromatic heterocycles. The average Bonchev–Trinajstić information content (AvgIpc) is 3.24. The van der Waals surface area contributed by atoms with Gasteiger partial charge in [-0.05, 0) is 36.2 Å². The van der Waals surface area contributed by atoms with Gasteiger partial charge in [0.25, 0.3) is 5.91 Å². The molecule has 6 heteroatoms. The molecule has 1 unspecified atom stereocenters. The van der Waals surface area contributed by atoms with Crippen molar-refractivity contribution in [3.05, 3.63) is 57.3 Å². The van der Waals surface area contributed by atoms with Crippen LogP contribution in [0.4, 0.5) is 0 Å². The molecule has 120 valence electrons. The lowest BCUT2D eigenvalue weighted by atomic mass is 9.96. The maximum atomic E-state index is 12.3. The van der Waals surface area contributed by atoms with Crippen molar-refractivity contribution < 1.29 is 19.4 Å². The number of benzene rings is 1. The zero-order valence-corrected chi connectivity index (χ0v) is 13.3. The molecule has 1 aliphatic heterocycles. The molecule has 1 aliphatic rings. The van der Waals surface area contributed by atoms with Gasteiger partial charge in [-0.2, -0.15) is 0 Å². The van der Waals surface area contributed by atoms with Crippen molar-refractivity contribution in [3.8, 4) is 0 Å². The smallest absolute Gasteiger partial charge is 0.345 e. The summed E-state index contributed by atoms with van der Waals surface area (Å²) in [5, 5.41) is 11.7. The Morgan fingerprint density at radius 2 is 2.17 bits per heavy atom. The molecular formula is C17H17NO4S. The molecule has 0 bridgehead atoms.